The third-order valence-corrected chi connectivity index (χ3v) is 5.10. The highest BCUT2D eigenvalue weighted by Crippen LogP contribution is 2.28. The topological polar surface area (TPSA) is 90.1 Å². The Kier molecular flexibility index (Phi) is 8.58. The third kappa shape index (κ3) is 6.64. The summed E-state index contributed by atoms with van der Waals surface area (Å²) in [4.78, 5) is 25.1. The maximum absolute atomic E-state index is 11.7. The van der Waals surface area contributed by atoms with Crippen LogP contribution in [0.15, 0.2) is 51.9 Å². The van der Waals surface area contributed by atoms with Gasteiger partial charge >= 0.3 is 6.09 Å². The van der Waals surface area contributed by atoms with Gasteiger partial charge in [-0.25, -0.2) is 14.6 Å². The number of aliphatic imine (C=N–C) groups is 1. The van der Waals surface area contributed by atoms with Gasteiger partial charge in [-0.3, -0.25) is 0 Å². The molecule has 0 aliphatic rings. The summed E-state index contributed by atoms with van der Waals surface area (Å²) in [5, 5.41) is 4.40. The van der Waals surface area contributed by atoms with Crippen LogP contribution in [0.25, 0.3) is 21.9 Å². The fourth-order valence-corrected chi connectivity index (χ4v) is 3.45. The Morgan fingerprint density at radius 1 is 1.03 bits per heavy atom. The van der Waals surface area contributed by atoms with E-state index in [1.807, 2.05) is 36.4 Å². The van der Waals surface area contributed by atoms with E-state index < -0.39 is 6.09 Å². The van der Waals surface area contributed by atoms with E-state index in [1.165, 1.54) is 6.08 Å². The van der Waals surface area contributed by atoms with Crippen LogP contribution >= 0.6 is 12.2 Å². The molecule has 1 aromatic heterocycles. The summed E-state index contributed by atoms with van der Waals surface area (Å²) >= 11 is 5.60. The van der Waals surface area contributed by atoms with Gasteiger partial charge < -0.3 is 19.2 Å². The maximum atomic E-state index is 11.7. The molecular weight excluding hydrogens is 416 g/mol. The van der Waals surface area contributed by atoms with Crippen molar-refractivity contribution in [1.82, 2.24) is 5.32 Å². The molecule has 1 N–H and O–H groups in total. The Balaban J connectivity index is 1.39. The molecule has 0 radical (unpaired) electrons. The molecule has 8 heteroatoms. The van der Waals surface area contributed by atoms with Crippen LogP contribution in [0.5, 0.6) is 5.75 Å². The van der Waals surface area contributed by atoms with Crippen LogP contribution in [-0.2, 0) is 9.53 Å². The van der Waals surface area contributed by atoms with Gasteiger partial charge in [-0.15, -0.1) is 0 Å². The highest BCUT2D eigenvalue weighted by Gasteiger charge is 2.07. The molecule has 162 valence electrons. The Labute approximate surface area is 185 Å². The summed E-state index contributed by atoms with van der Waals surface area (Å²) in [5.41, 5.74) is 1.45. The van der Waals surface area contributed by atoms with E-state index in [1.54, 1.807) is 6.07 Å². The molecule has 3 rings (SSSR count). The highest BCUT2D eigenvalue weighted by atomic mass is 32.1. The molecule has 7 nitrogen and oxygen atoms in total. The average Bonchev–Trinajstić information content (AvgIpc) is 2.79. The number of unbranched alkanes of at least 4 members (excludes halogenated alkanes) is 3. The molecular formula is C23H24N2O5S. The quantitative estimate of drug-likeness (QED) is 0.143. The van der Waals surface area contributed by atoms with Crippen LogP contribution in [0.2, 0.25) is 0 Å². The van der Waals surface area contributed by atoms with E-state index in [-0.39, 0.29) is 13.2 Å². The molecule has 0 atom stereocenters. The Morgan fingerprint density at radius 3 is 2.71 bits per heavy atom. The van der Waals surface area contributed by atoms with Gasteiger partial charge in [-0.2, -0.15) is 0 Å². The number of rotatable bonds is 11. The normalized spacial score (nSPS) is 10.6. The third-order valence-electron chi connectivity index (χ3n) is 4.66. The van der Waals surface area contributed by atoms with Crippen molar-refractivity contribution in [2.75, 3.05) is 26.3 Å². The molecule has 0 saturated heterocycles. The second-order valence-corrected chi connectivity index (χ2v) is 7.29. The second-order valence-electron chi connectivity index (χ2n) is 6.88. The highest BCUT2D eigenvalue weighted by molar-refractivity contribution is 7.72. The zero-order valence-corrected chi connectivity index (χ0v) is 17.9. The van der Waals surface area contributed by atoms with Crippen LogP contribution < -0.4 is 10.1 Å². The van der Waals surface area contributed by atoms with Crippen LogP contribution in [0.4, 0.5) is 4.79 Å². The van der Waals surface area contributed by atoms with Crippen molar-refractivity contribution >= 4 is 46.3 Å². The lowest BCUT2D eigenvalue weighted by atomic mass is 10.1. The lowest BCUT2D eigenvalue weighted by Crippen LogP contribution is -2.26. The lowest BCUT2D eigenvalue weighted by Gasteiger charge is -2.09. The summed E-state index contributed by atoms with van der Waals surface area (Å²) < 4.78 is 17.4. The van der Waals surface area contributed by atoms with Crippen molar-refractivity contribution in [2.24, 2.45) is 4.99 Å². The predicted molar refractivity (Wildman–Crippen MR) is 121 cm³/mol. The second kappa shape index (κ2) is 11.8. The minimum atomic E-state index is -0.467. The number of alkyl carbamates (subject to hydrolysis) is 1. The summed E-state index contributed by atoms with van der Waals surface area (Å²) in [6.07, 6.45) is 4.65. The van der Waals surface area contributed by atoms with Gasteiger partial charge in [0.1, 0.15) is 30.1 Å². The van der Waals surface area contributed by atoms with Crippen LogP contribution in [0.1, 0.15) is 25.7 Å². The molecule has 0 unspecified atom stereocenters. The van der Waals surface area contributed by atoms with Gasteiger partial charge in [0.15, 0.2) is 0 Å². The first kappa shape index (κ1) is 22.5. The Morgan fingerprint density at radius 2 is 1.84 bits per heavy atom. The number of hydrogen-bond donors (Lipinski definition) is 1. The predicted octanol–water partition coefficient (Wildman–Crippen LogP) is 5.32. The van der Waals surface area contributed by atoms with E-state index in [4.69, 9.17) is 26.1 Å². The summed E-state index contributed by atoms with van der Waals surface area (Å²) in [5.74, 6) is 0.631. The van der Waals surface area contributed by atoms with Gasteiger partial charge in [-0.05, 0) is 43.2 Å². The van der Waals surface area contributed by atoms with E-state index in [9.17, 15) is 9.59 Å². The SMILES string of the molecule is O=C=NCCCCCCNC(=O)OCCOc1ccc2oc3ccccc3c(=S)c2c1. The minimum absolute atomic E-state index is 0.135. The zero-order chi connectivity index (χ0) is 21.9. The summed E-state index contributed by atoms with van der Waals surface area (Å²) in [7, 11) is 0. The number of isocyanates is 1. The molecule has 0 aliphatic heterocycles. The maximum Gasteiger partial charge on any atom is 0.407 e. The van der Waals surface area contributed by atoms with Gasteiger partial charge in [-0.1, -0.05) is 37.2 Å². The van der Waals surface area contributed by atoms with Crippen molar-refractivity contribution in [3.05, 3.63) is 47.0 Å². The van der Waals surface area contributed by atoms with Gasteiger partial charge in [0.2, 0.25) is 6.08 Å². The van der Waals surface area contributed by atoms with Gasteiger partial charge in [0, 0.05) is 17.3 Å². The molecule has 31 heavy (non-hydrogen) atoms. The average molecular weight is 441 g/mol. The van der Waals surface area contributed by atoms with Crippen molar-refractivity contribution in [3.8, 4) is 5.75 Å². The van der Waals surface area contributed by atoms with E-state index in [0.29, 0.717) is 24.4 Å². The van der Waals surface area contributed by atoms with Crippen molar-refractivity contribution < 1.29 is 23.5 Å². The first-order valence-electron chi connectivity index (χ1n) is 10.2. The number of carbonyl (C=O) groups is 1. The fraction of sp³-hybridized carbons (Fsp3) is 0.348. The Bertz CT molecular complexity index is 1140. The monoisotopic (exact) mass is 440 g/mol. The van der Waals surface area contributed by atoms with Gasteiger partial charge in [0.25, 0.3) is 0 Å². The van der Waals surface area contributed by atoms with E-state index in [0.717, 1.165) is 46.5 Å². The molecule has 0 fully saturated rings. The minimum Gasteiger partial charge on any atom is -0.490 e. The number of ether oxygens (including phenoxy) is 2. The van der Waals surface area contributed by atoms with Crippen LogP contribution in [0.3, 0.4) is 0 Å². The van der Waals surface area contributed by atoms with Crippen LogP contribution in [0, 0.1) is 4.51 Å². The molecule has 1 amide bonds. The van der Waals surface area contributed by atoms with Gasteiger partial charge in [0.05, 0.1) is 11.1 Å². The lowest BCUT2D eigenvalue weighted by molar-refractivity contribution is 0.125. The van der Waals surface area contributed by atoms with E-state index in [2.05, 4.69) is 10.3 Å². The molecule has 2 aromatic carbocycles. The number of para-hydroxylation sites is 1. The molecule has 0 bridgehead atoms. The number of fused-ring (bicyclic) bond motifs is 2. The number of carbonyl (C=O) groups excluding carboxylic acids is 2. The number of hydrogen-bond acceptors (Lipinski definition) is 7. The zero-order valence-electron chi connectivity index (χ0n) is 17.1. The van der Waals surface area contributed by atoms with E-state index >= 15 is 0 Å². The Hall–Kier alpha value is -3.22. The first-order chi connectivity index (χ1) is 15.2. The number of benzene rings is 2. The summed E-state index contributed by atoms with van der Waals surface area (Å²) in [6.45, 7) is 1.42. The number of amides is 1. The summed E-state index contributed by atoms with van der Waals surface area (Å²) in [6, 6.07) is 13.1. The van der Waals surface area contributed by atoms with Crippen LogP contribution in [-0.4, -0.2) is 38.5 Å². The fourth-order valence-electron chi connectivity index (χ4n) is 3.12. The van der Waals surface area contributed by atoms with Crippen molar-refractivity contribution in [1.29, 1.82) is 0 Å². The standard InChI is InChI=1S/C23H24N2O5S/c26-16-24-11-5-1-2-6-12-25-23(27)29-14-13-28-17-9-10-21-19(15-17)22(31)18-7-3-4-8-20(18)30-21/h3-4,7-10,15H,1-2,5-6,11-14H2,(H,25,27). The molecule has 0 saturated carbocycles. The molecule has 1 heterocycles. The molecule has 0 aliphatic carbocycles. The number of nitrogens with zero attached hydrogens (tertiary/aromatic N) is 1. The molecule has 0 spiro atoms. The van der Waals surface area contributed by atoms with Crippen molar-refractivity contribution in [2.45, 2.75) is 25.7 Å². The number of nitrogens with one attached hydrogen (secondary N) is 1. The van der Waals surface area contributed by atoms with Crippen molar-refractivity contribution in [3.63, 3.8) is 0 Å². The molecule has 3 aromatic rings. The smallest absolute Gasteiger partial charge is 0.407 e. The largest absolute Gasteiger partial charge is 0.490 e. The first-order valence-corrected chi connectivity index (χ1v) is 10.6.